The molecule has 2 N–H and O–H groups in total. The fourth-order valence-corrected chi connectivity index (χ4v) is 7.72. The van der Waals surface area contributed by atoms with E-state index < -0.39 is 39.9 Å². The van der Waals surface area contributed by atoms with Crippen LogP contribution in [0, 0.1) is 5.92 Å². The van der Waals surface area contributed by atoms with Gasteiger partial charge in [0, 0.05) is 41.1 Å². The van der Waals surface area contributed by atoms with Gasteiger partial charge in [-0.25, -0.2) is 13.2 Å². The van der Waals surface area contributed by atoms with Crippen LogP contribution >= 0.6 is 46.4 Å². The number of benzene rings is 2. The molecule has 1 aliphatic heterocycles. The lowest BCUT2D eigenvalue weighted by Gasteiger charge is -2.27. The van der Waals surface area contributed by atoms with Gasteiger partial charge >= 0.3 is 5.97 Å². The zero-order valence-corrected chi connectivity index (χ0v) is 26.7. The number of anilines is 1. The van der Waals surface area contributed by atoms with Gasteiger partial charge in [0.2, 0.25) is 15.9 Å². The first kappa shape index (κ1) is 33.0. The van der Waals surface area contributed by atoms with Crippen molar-refractivity contribution in [3.05, 3.63) is 86.1 Å². The number of hydrogen-bond donors (Lipinski definition) is 2. The Morgan fingerprint density at radius 3 is 2.21 bits per heavy atom. The number of esters is 1. The van der Waals surface area contributed by atoms with Crippen molar-refractivity contribution in [3.8, 4) is 0 Å². The minimum absolute atomic E-state index is 0.0341. The van der Waals surface area contributed by atoms with Gasteiger partial charge in [-0.15, -0.1) is 0 Å². The second-order valence-corrected chi connectivity index (χ2v) is 13.4. The molecule has 0 spiro atoms. The Kier molecular flexibility index (Phi) is 10.6. The van der Waals surface area contributed by atoms with Gasteiger partial charge in [-0.1, -0.05) is 65.5 Å². The number of amides is 2. The summed E-state index contributed by atoms with van der Waals surface area (Å²) in [7, 11) is -2.95. The summed E-state index contributed by atoms with van der Waals surface area (Å²) < 4.78 is 33.0. The number of carbonyl (C=O) groups excluding carboxylic acids is 3. The fraction of sp³-hybridized carbons (Fsp3) is 0.286. The molecule has 1 fully saturated rings. The highest BCUT2D eigenvalue weighted by molar-refractivity contribution is 7.89. The minimum Gasteiger partial charge on any atom is -0.467 e. The second-order valence-electron chi connectivity index (χ2n) is 9.85. The standard InChI is InChI=1S/C28H26Cl4N4O6S/c1-15-7-8-36(43(40,41)20-11-17(29)10-18(30)12-20)25(15)27(38)35-23(28(39)42-2)9-16-3-5-19(6-4-16)34-26(37)24-21(31)13-33-14-22(24)32/h3-6,10-15,23,25H,7-9H2,1-2H3,(H,34,37)(H,35,38)/t15-,23-,25?/m0/s1. The third kappa shape index (κ3) is 7.60. The summed E-state index contributed by atoms with van der Waals surface area (Å²) in [6, 6.07) is 8.27. The summed E-state index contributed by atoms with van der Waals surface area (Å²) in [4.78, 5) is 42.5. The first-order chi connectivity index (χ1) is 20.3. The predicted molar refractivity (Wildman–Crippen MR) is 164 cm³/mol. The molecule has 0 aliphatic carbocycles. The zero-order chi connectivity index (χ0) is 31.5. The molecule has 3 aromatic rings. The van der Waals surface area contributed by atoms with Crippen LogP contribution in [0.25, 0.3) is 0 Å². The molecule has 10 nitrogen and oxygen atoms in total. The van der Waals surface area contributed by atoms with Crippen LogP contribution in [-0.4, -0.2) is 61.2 Å². The number of pyridine rings is 1. The third-order valence-corrected chi connectivity index (χ3v) is 9.77. The number of carbonyl (C=O) groups is 3. The number of aromatic nitrogens is 1. The lowest BCUT2D eigenvalue weighted by Crippen LogP contribution is -2.53. The number of methoxy groups -OCH3 is 1. The molecule has 43 heavy (non-hydrogen) atoms. The molecule has 4 rings (SSSR count). The van der Waals surface area contributed by atoms with Crippen LogP contribution in [0.2, 0.25) is 20.1 Å². The Morgan fingerprint density at radius 1 is 1.02 bits per heavy atom. The molecule has 0 bridgehead atoms. The minimum atomic E-state index is -4.14. The van der Waals surface area contributed by atoms with Crippen LogP contribution in [0.15, 0.2) is 59.8 Å². The maximum Gasteiger partial charge on any atom is 0.328 e. The molecule has 0 radical (unpaired) electrons. The van der Waals surface area contributed by atoms with Crippen molar-refractivity contribution in [2.75, 3.05) is 19.0 Å². The van der Waals surface area contributed by atoms with Gasteiger partial charge < -0.3 is 15.4 Å². The number of nitrogens with zero attached hydrogens (tertiary/aromatic N) is 2. The van der Waals surface area contributed by atoms with Gasteiger partial charge in [-0.3, -0.25) is 14.6 Å². The topological polar surface area (TPSA) is 135 Å². The number of sulfonamides is 1. The molecule has 2 aromatic carbocycles. The molecule has 0 saturated carbocycles. The Hall–Kier alpha value is -2.93. The van der Waals surface area contributed by atoms with Crippen LogP contribution in [0.1, 0.15) is 29.3 Å². The van der Waals surface area contributed by atoms with Crippen molar-refractivity contribution >= 4 is 79.9 Å². The average Bonchev–Trinajstić information content (AvgIpc) is 3.35. The highest BCUT2D eigenvalue weighted by atomic mass is 35.5. The van der Waals surface area contributed by atoms with Crippen LogP contribution in [-0.2, 0) is 30.8 Å². The predicted octanol–water partition coefficient (Wildman–Crippen LogP) is 5.25. The summed E-state index contributed by atoms with van der Waals surface area (Å²) in [6.07, 6.45) is 3.07. The van der Waals surface area contributed by atoms with E-state index in [0.29, 0.717) is 17.7 Å². The molecule has 228 valence electrons. The lowest BCUT2D eigenvalue weighted by atomic mass is 10.0. The van der Waals surface area contributed by atoms with E-state index in [4.69, 9.17) is 51.1 Å². The SMILES string of the molecule is COC(=O)[C@H](Cc1ccc(NC(=O)c2c(Cl)cncc2Cl)cc1)NC(=O)C1[C@@H](C)CCN1S(=O)(=O)c1cc(Cl)cc(Cl)c1. The third-order valence-electron chi connectivity index (χ3n) is 6.90. The second kappa shape index (κ2) is 13.8. The Morgan fingerprint density at radius 2 is 1.63 bits per heavy atom. The number of nitrogens with one attached hydrogen (secondary N) is 2. The highest BCUT2D eigenvalue weighted by Crippen LogP contribution is 2.33. The quantitative estimate of drug-likeness (QED) is 0.294. The Labute approximate surface area is 268 Å². The first-order valence-corrected chi connectivity index (χ1v) is 15.8. The van der Waals surface area contributed by atoms with Gasteiger partial charge in [0.25, 0.3) is 5.91 Å². The van der Waals surface area contributed by atoms with Gasteiger partial charge in [-0.05, 0) is 48.2 Å². The highest BCUT2D eigenvalue weighted by Gasteiger charge is 2.44. The monoisotopic (exact) mass is 686 g/mol. The van der Waals surface area contributed by atoms with Crippen molar-refractivity contribution in [2.24, 2.45) is 5.92 Å². The average molecular weight is 688 g/mol. The summed E-state index contributed by atoms with van der Waals surface area (Å²) in [6.45, 7) is 1.86. The smallest absolute Gasteiger partial charge is 0.328 e. The van der Waals surface area contributed by atoms with E-state index in [1.165, 1.54) is 37.7 Å². The van der Waals surface area contributed by atoms with E-state index in [0.717, 1.165) is 4.31 Å². The molecule has 2 amide bonds. The van der Waals surface area contributed by atoms with E-state index in [9.17, 15) is 22.8 Å². The van der Waals surface area contributed by atoms with Crippen molar-refractivity contribution in [1.82, 2.24) is 14.6 Å². The van der Waals surface area contributed by atoms with E-state index in [2.05, 4.69) is 15.6 Å². The largest absolute Gasteiger partial charge is 0.467 e. The molecule has 1 unspecified atom stereocenters. The van der Waals surface area contributed by atoms with Crippen LogP contribution < -0.4 is 10.6 Å². The van der Waals surface area contributed by atoms with Gasteiger partial charge in [0.05, 0.1) is 27.6 Å². The molecule has 3 atom stereocenters. The zero-order valence-electron chi connectivity index (χ0n) is 22.8. The van der Waals surface area contributed by atoms with Crippen LogP contribution in [0.3, 0.4) is 0 Å². The summed E-state index contributed by atoms with van der Waals surface area (Å²) in [5, 5.41) is 5.83. The molecule has 15 heteroatoms. The van der Waals surface area contributed by atoms with Crippen molar-refractivity contribution < 1.29 is 27.5 Å². The van der Waals surface area contributed by atoms with Crippen LogP contribution in [0.4, 0.5) is 5.69 Å². The number of hydrogen-bond acceptors (Lipinski definition) is 7. The van der Waals surface area contributed by atoms with E-state index in [-0.39, 0.29) is 49.4 Å². The summed E-state index contributed by atoms with van der Waals surface area (Å²) >= 11 is 24.2. The van der Waals surface area contributed by atoms with E-state index in [1.807, 2.05) is 0 Å². The number of rotatable bonds is 9. The fourth-order valence-electron chi connectivity index (χ4n) is 4.76. The molecule has 1 aromatic heterocycles. The Balaban J connectivity index is 1.49. The van der Waals surface area contributed by atoms with Gasteiger partial charge in [0.1, 0.15) is 12.1 Å². The van der Waals surface area contributed by atoms with Crippen LogP contribution in [0.5, 0.6) is 0 Å². The van der Waals surface area contributed by atoms with Gasteiger partial charge in [0.15, 0.2) is 0 Å². The molecule has 2 heterocycles. The van der Waals surface area contributed by atoms with Crippen molar-refractivity contribution in [3.63, 3.8) is 0 Å². The molecular formula is C28H26Cl4N4O6S. The normalized spacial score (nSPS) is 17.7. The molecule has 1 saturated heterocycles. The summed E-state index contributed by atoms with van der Waals surface area (Å²) in [5.74, 6) is -2.23. The molecular weight excluding hydrogens is 662 g/mol. The van der Waals surface area contributed by atoms with Crippen molar-refractivity contribution in [2.45, 2.75) is 36.7 Å². The Bertz CT molecular complexity index is 1610. The maximum absolute atomic E-state index is 13.5. The number of ether oxygens (including phenoxy) is 1. The lowest BCUT2D eigenvalue weighted by molar-refractivity contribution is -0.145. The van der Waals surface area contributed by atoms with Crippen molar-refractivity contribution in [1.29, 1.82) is 0 Å². The maximum atomic E-state index is 13.5. The van der Waals surface area contributed by atoms with E-state index in [1.54, 1.807) is 31.2 Å². The number of halogens is 4. The first-order valence-electron chi connectivity index (χ1n) is 12.9. The van der Waals surface area contributed by atoms with E-state index >= 15 is 0 Å². The molecule has 1 aliphatic rings. The summed E-state index contributed by atoms with van der Waals surface area (Å²) in [5.41, 5.74) is 1.14. The van der Waals surface area contributed by atoms with Gasteiger partial charge in [-0.2, -0.15) is 4.31 Å².